The molecule has 0 radical (unpaired) electrons. The number of carboxylic acid groups (broad SMARTS) is 1. The minimum absolute atomic E-state index is 0.303. The Bertz CT molecular complexity index is 238. The maximum absolute atomic E-state index is 11.2. The highest BCUT2D eigenvalue weighted by Gasteiger charge is 2.30. The molecule has 0 aliphatic heterocycles. The molecule has 2 N–H and O–H groups in total. The van der Waals surface area contributed by atoms with Crippen molar-refractivity contribution in [1.82, 2.24) is 5.32 Å². The normalized spacial score (nSPS) is 15.6. The molecule has 0 saturated heterocycles. The van der Waals surface area contributed by atoms with E-state index in [-0.39, 0.29) is 0 Å². The Morgan fingerprint density at radius 2 is 1.82 bits per heavy atom. The van der Waals surface area contributed by atoms with Gasteiger partial charge in [-0.3, -0.25) is 4.79 Å². The molecule has 0 aromatic heterocycles. The first-order valence-electron chi connectivity index (χ1n) is 6.33. The average molecular weight is 261 g/mol. The molecule has 0 rings (SSSR count). The maximum atomic E-state index is 11.2. The lowest BCUT2D eigenvalue weighted by Gasteiger charge is -2.26. The average Bonchev–Trinajstić information content (AvgIpc) is 2.15. The number of nitrogens with one attached hydrogen (secondary N) is 1. The number of rotatable bonds is 8. The summed E-state index contributed by atoms with van der Waals surface area (Å²) in [6.07, 6.45) is 2.73. The molecule has 1 unspecified atom stereocenters. The number of carboxylic acids is 1. The molecule has 0 aliphatic carbocycles. The van der Waals surface area contributed by atoms with Crippen LogP contribution < -0.4 is 5.32 Å². The maximum Gasteiger partial charge on any atom is 0.323 e. The first kappa shape index (κ1) is 16.8. The van der Waals surface area contributed by atoms with Crippen molar-refractivity contribution >= 4 is 17.7 Å². The first-order valence-corrected chi connectivity index (χ1v) is 7.32. The lowest BCUT2D eigenvalue weighted by atomic mass is 9.95. The number of likely N-dealkylation sites (N-methyl/N-ethyl adjacent to an activating group) is 1. The van der Waals surface area contributed by atoms with Gasteiger partial charge in [-0.15, -0.1) is 0 Å². The molecular formula is C13H27NO2S. The lowest BCUT2D eigenvalue weighted by Crippen LogP contribution is -2.49. The summed E-state index contributed by atoms with van der Waals surface area (Å²) in [5.74, 6) is 0.355. The molecule has 0 aromatic rings. The van der Waals surface area contributed by atoms with Crippen LogP contribution in [0.3, 0.4) is 0 Å². The molecule has 0 spiro atoms. The Kier molecular flexibility index (Phi) is 7.17. The third kappa shape index (κ3) is 7.66. The lowest BCUT2D eigenvalue weighted by molar-refractivity contribution is -0.144. The summed E-state index contributed by atoms with van der Waals surface area (Å²) in [7, 11) is 0. The molecular weight excluding hydrogens is 234 g/mol. The SMILES string of the molecule is CCNC(C)(CCCCSC(C)(C)C)C(=O)O. The van der Waals surface area contributed by atoms with E-state index in [4.69, 9.17) is 0 Å². The van der Waals surface area contributed by atoms with E-state index < -0.39 is 11.5 Å². The fraction of sp³-hybridized carbons (Fsp3) is 0.923. The second-order valence-corrected chi connectivity index (χ2v) is 7.51. The molecule has 0 aliphatic rings. The van der Waals surface area contributed by atoms with Crippen LogP contribution in [0.2, 0.25) is 0 Å². The van der Waals surface area contributed by atoms with Gasteiger partial charge in [0.05, 0.1) is 0 Å². The van der Waals surface area contributed by atoms with Crippen LogP contribution in [0, 0.1) is 0 Å². The summed E-state index contributed by atoms with van der Waals surface area (Å²) in [6, 6.07) is 0. The first-order chi connectivity index (χ1) is 7.71. The van der Waals surface area contributed by atoms with Crippen molar-refractivity contribution in [2.24, 2.45) is 0 Å². The highest BCUT2D eigenvalue weighted by atomic mass is 32.2. The number of hydrogen-bond acceptors (Lipinski definition) is 3. The largest absolute Gasteiger partial charge is 0.480 e. The van der Waals surface area contributed by atoms with E-state index in [1.807, 2.05) is 18.7 Å². The molecule has 0 amide bonds. The van der Waals surface area contributed by atoms with Crippen LogP contribution in [-0.4, -0.2) is 33.7 Å². The Morgan fingerprint density at radius 1 is 1.24 bits per heavy atom. The van der Waals surface area contributed by atoms with Gasteiger partial charge in [0.1, 0.15) is 5.54 Å². The third-order valence-corrected chi connectivity index (χ3v) is 4.00. The summed E-state index contributed by atoms with van der Waals surface area (Å²) >= 11 is 1.94. The van der Waals surface area contributed by atoms with E-state index in [0.29, 0.717) is 17.7 Å². The van der Waals surface area contributed by atoms with E-state index in [1.54, 1.807) is 6.92 Å². The van der Waals surface area contributed by atoms with Crippen molar-refractivity contribution in [2.75, 3.05) is 12.3 Å². The zero-order valence-electron chi connectivity index (χ0n) is 11.8. The van der Waals surface area contributed by atoms with Gasteiger partial charge in [0.2, 0.25) is 0 Å². The van der Waals surface area contributed by atoms with Gasteiger partial charge < -0.3 is 10.4 Å². The summed E-state index contributed by atoms with van der Waals surface area (Å²) in [4.78, 5) is 11.2. The van der Waals surface area contributed by atoms with Gasteiger partial charge in [-0.2, -0.15) is 11.8 Å². The van der Waals surface area contributed by atoms with Crippen molar-refractivity contribution in [3.63, 3.8) is 0 Å². The van der Waals surface area contributed by atoms with Crippen LogP contribution in [0.25, 0.3) is 0 Å². The van der Waals surface area contributed by atoms with Gasteiger partial charge in [-0.1, -0.05) is 34.1 Å². The summed E-state index contributed by atoms with van der Waals surface area (Å²) in [6.45, 7) is 11.0. The number of aliphatic carboxylic acids is 1. The van der Waals surface area contributed by atoms with Crippen molar-refractivity contribution in [1.29, 1.82) is 0 Å². The molecule has 4 heteroatoms. The number of thioether (sulfide) groups is 1. The summed E-state index contributed by atoms with van der Waals surface area (Å²) in [5.41, 5.74) is -0.763. The molecule has 0 bridgehead atoms. The second kappa shape index (κ2) is 7.27. The topological polar surface area (TPSA) is 49.3 Å². The highest BCUT2D eigenvalue weighted by molar-refractivity contribution is 8.00. The zero-order chi connectivity index (χ0) is 13.5. The van der Waals surface area contributed by atoms with E-state index >= 15 is 0 Å². The van der Waals surface area contributed by atoms with Crippen LogP contribution in [0.4, 0.5) is 0 Å². The van der Waals surface area contributed by atoms with E-state index in [1.165, 1.54) is 0 Å². The van der Waals surface area contributed by atoms with Gasteiger partial charge >= 0.3 is 5.97 Å². The molecule has 0 heterocycles. The number of unbranched alkanes of at least 4 members (excludes halogenated alkanes) is 1. The van der Waals surface area contributed by atoms with Crippen LogP contribution in [0.1, 0.15) is 53.9 Å². The zero-order valence-corrected chi connectivity index (χ0v) is 12.6. The van der Waals surface area contributed by atoms with Crippen LogP contribution in [-0.2, 0) is 4.79 Å². The van der Waals surface area contributed by atoms with Crippen molar-refractivity contribution in [2.45, 2.75) is 64.2 Å². The minimum Gasteiger partial charge on any atom is -0.480 e. The van der Waals surface area contributed by atoms with E-state index in [0.717, 1.165) is 18.6 Å². The van der Waals surface area contributed by atoms with E-state index in [9.17, 15) is 9.90 Å². The summed E-state index contributed by atoms with van der Waals surface area (Å²) in [5, 5.41) is 12.2. The predicted octanol–water partition coefficient (Wildman–Crippen LogP) is 3.14. The van der Waals surface area contributed by atoms with Gasteiger partial charge in [0.25, 0.3) is 0 Å². The number of carbonyl (C=O) groups is 1. The molecule has 17 heavy (non-hydrogen) atoms. The molecule has 1 atom stereocenters. The fourth-order valence-corrected chi connectivity index (χ4v) is 2.58. The fourth-order valence-electron chi connectivity index (χ4n) is 1.62. The molecule has 0 fully saturated rings. The molecule has 102 valence electrons. The van der Waals surface area contributed by atoms with Crippen LogP contribution >= 0.6 is 11.8 Å². The molecule has 0 aromatic carbocycles. The Morgan fingerprint density at radius 3 is 2.24 bits per heavy atom. The Balaban J connectivity index is 3.88. The second-order valence-electron chi connectivity index (χ2n) is 5.59. The quantitative estimate of drug-likeness (QED) is 0.659. The molecule has 0 saturated carbocycles. The minimum atomic E-state index is -0.763. The van der Waals surface area contributed by atoms with Crippen LogP contribution in [0.5, 0.6) is 0 Å². The van der Waals surface area contributed by atoms with Gasteiger partial charge in [-0.25, -0.2) is 0 Å². The highest BCUT2D eigenvalue weighted by Crippen LogP contribution is 2.25. The standard InChI is InChI=1S/C13H27NO2S/c1-6-14-13(5,11(15)16)9-7-8-10-17-12(2,3)4/h14H,6-10H2,1-5H3,(H,15,16). The summed E-state index contributed by atoms with van der Waals surface area (Å²) < 4.78 is 0.303. The van der Waals surface area contributed by atoms with Crippen LogP contribution in [0.15, 0.2) is 0 Å². The molecule has 3 nitrogen and oxygen atoms in total. The Labute approximate surface area is 110 Å². The van der Waals surface area contributed by atoms with E-state index in [2.05, 4.69) is 26.1 Å². The predicted molar refractivity (Wildman–Crippen MR) is 75.8 cm³/mol. The van der Waals surface area contributed by atoms with Crippen molar-refractivity contribution in [3.8, 4) is 0 Å². The van der Waals surface area contributed by atoms with Gasteiger partial charge in [0, 0.05) is 4.75 Å². The third-order valence-electron chi connectivity index (χ3n) is 2.65. The monoisotopic (exact) mass is 261 g/mol. The van der Waals surface area contributed by atoms with Gasteiger partial charge in [0.15, 0.2) is 0 Å². The van der Waals surface area contributed by atoms with Crippen molar-refractivity contribution < 1.29 is 9.90 Å². The number of hydrogen-bond donors (Lipinski definition) is 2. The van der Waals surface area contributed by atoms with Gasteiger partial charge in [-0.05, 0) is 32.1 Å². The smallest absolute Gasteiger partial charge is 0.323 e. The Hall–Kier alpha value is -0.220. The van der Waals surface area contributed by atoms with Crippen molar-refractivity contribution in [3.05, 3.63) is 0 Å².